The Labute approximate surface area is 104 Å². The second kappa shape index (κ2) is 5.79. The summed E-state index contributed by atoms with van der Waals surface area (Å²) in [5, 5.41) is 8.84. The molecular weight excluding hydrogens is 226 g/mol. The highest BCUT2D eigenvalue weighted by molar-refractivity contribution is 6.76. The van der Waals surface area contributed by atoms with Crippen molar-refractivity contribution in [2.45, 2.75) is 32.1 Å². The van der Waals surface area contributed by atoms with Crippen molar-refractivity contribution in [1.29, 1.82) is 5.26 Å². The molecule has 0 fully saturated rings. The van der Waals surface area contributed by atoms with Crippen molar-refractivity contribution >= 4 is 13.9 Å². The largest absolute Gasteiger partial charge is 0.294 e. The van der Waals surface area contributed by atoms with Crippen LogP contribution in [0.4, 0.5) is 0 Å². The Kier molecular flexibility index (Phi) is 4.65. The second-order valence-corrected chi connectivity index (χ2v) is 11.1. The van der Waals surface area contributed by atoms with E-state index in [1.165, 1.54) is 0 Å². The molecule has 0 saturated carbocycles. The predicted molar refractivity (Wildman–Crippen MR) is 72.6 cm³/mol. The lowest BCUT2D eigenvalue weighted by Gasteiger charge is -2.21. The summed E-state index contributed by atoms with van der Waals surface area (Å²) in [6.07, 6.45) is 0.331. The standard InChI is InChI=1S/C14H19NOSi/c1-17(2,3)11-13(9-10-15)14(16)12-7-5-4-6-8-12/h4-8,13H,9,11H2,1-3H3. The van der Waals surface area contributed by atoms with Gasteiger partial charge >= 0.3 is 0 Å². The molecule has 0 spiro atoms. The van der Waals surface area contributed by atoms with Crippen LogP contribution in [0.3, 0.4) is 0 Å². The van der Waals surface area contributed by atoms with E-state index in [9.17, 15) is 4.79 Å². The number of benzene rings is 1. The summed E-state index contributed by atoms with van der Waals surface area (Å²) in [4.78, 5) is 12.3. The third-order valence-electron chi connectivity index (χ3n) is 2.63. The van der Waals surface area contributed by atoms with Crippen LogP contribution in [0.2, 0.25) is 25.7 Å². The van der Waals surface area contributed by atoms with Gasteiger partial charge in [-0.3, -0.25) is 4.79 Å². The molecule has 0 saturated heterocycles. The summed E-state index contributed by atoms with van der Waals surface area (Å²) < 4.78 is 0. The van der Waals surface area contributed by atoms with Crippen LogP contribution in [0.1, 0.15) is 16.8 Å². The fourth-order valence-electron chi connectivity index (χ4n) is 1.95. The normalized spacial score (nSPS) is 12.8. The van der Waals surface area contributed by atoms with Gasteiger partial charge in [0.2, 0.25) is 0 Å². The summed E-state index contributed by atoms with van der Waals surface area (Å²) in [7, 11) is -1.33. The van der Waals surface area contributed by atoms with Crippen LogP contribution in [-0.4, -0.2) is 13.9 Å². The monoisotopic (exact) mass is 245 g/mol. The van der Waals surface area contributed by atoms with Gasteiger partial charge in [0.05, 0.1) is 6.07 Å². The lowest BCUT2D eigenvalue weighted by Crippen LogP contribution is -2.28. The minimum atomic E-state index is -1.33. The Morgan fingerprint density at radius 3 is 2.35 bits per heavy atom. The summed E-state index contributed by atoms with van der Waals surface area (Å²) in [5.41, 5.74) is 0.728. The summed E-state index contributed by atoms with van der Waals surface area (Å²) in [5.74, 6) is -0.0105. The van der Waals surface area contributed by atoms with Gasteiger partial charge in [0, 0.05) is 26.0 Å². The van der Waals surface area contributed by atoms with Crippen molar-refractivity contribution in [1.82, 2.24) is 0 Å². The number of Topliss-reactive ketones (excluding diaryl/α,β-unsaturated/α-hetero) is 1. The van der Waals surface area contributed by atoms with Gasteiger partial charge in [-0.05, 0) is 6.04 Å². The molecule has 0 amide bonds. The SMILES string of the molecule is C[Si](C)(C)CC(CC#N)C(=O)c1ccccc1. The zero-order chi connectivity index (χ0) is 12.9. The van der Waals surface area contributed by atoms with Crippen LogP contribution in [0.5, 0.6) is 0 Å². The lowest BCUT2D eigenvalue weighted by molar-refractivity contribution is 0.0931. The molecule has 1 atom stereocenters. The van der Waals surface area contributed by atoms with Crippen LogP contribution in [0.15, 0.2) is 30.3 Å². The summed E-state index contributed by atoms with van der Waals surface area (Å²) in [6.45, 7) is 6.70. The first kappa shape index (κ1) is 13.7. The maximum Gasteiger partial charge on any atom is 0.166 e. The Hall–Kier alpha value is -1.40. The van der Waals surface area contributed by atoms with Crippen LogP contribution >= 0.6 is 0 Å². The quantitative estimate of drug-likeness (QED) is 0.585. The molecule has 0 aliphatic heterocycles. The molecule has 0 aliphatic carbocycles. The smallest absolute Gasteiger partial charge is 0.166 e. The molecule has 0 aliphatic rings. The highest BCUT2D eigenvalue weighted by Gasteiger charge is 2.26. The number of hydrogen-bond acceptors (Lipinski definition) is 2. The van der Waals surface area contributed by atoms with Gasteiger partial charge in [0.1, 0.15) is 0 Å². The number of hydrogen-bond donors (Lipinski definition) is 0. The fraction of sp³-hybridized carbons (Fsp3) is 0.429. The second-order valence-electron chi connectivity index (χ2n) is 5.55. The molecule has 1 aromatic rings. The van der Waals surface area contributed by atoms with E-state index in [1.807, 2.05) is 30.3 Å². The molecule has 0 N–H and O–H groups in total. The van der Waals surface area contributed by atoms with Crippen LogP contribution < -0.4 is 0 Å². The first-order chi connectivity index (χ1) is 7.94. The molecule has 1 unspecified atom stereocenters. The molecule has 1 aromatic carbocycles. The maximum absolute atomic E-state index is 12.3. The van der Waals surface area contributed by atoms with Gasteiger partial charge in [0.25, 0.3) is 0 Å². The van der Waals surface area contributed by atoms with Gasteiger partial charge in [-0.2, -0.15) is 5.26 Å². The van der Waals surface area contributed by atoms with Gasteiger partial charge < -0.3 is 0 Å². The molecule has 0 radical (unpaired) electrons. The molecule has 0 heterocycles. The first-order valence-corrected chi connectivity index (χ1v) is 9.61. The van der Waals surface area contributed by atoms with E-state index in [1.54, 1.807) is 0 Å². The van der Waals surface area contributed by atoms with Crippen molar-refractivity contribution in [2.75, 3.05) is 0 Å². The molecule has 0 bridgehead atoms. The molecule has 17 heavy (non-hydrogen) atoms. The number of carbonyl (C=O) groups is 1. The molecular formula is C14H19NOSi. The van der Waals surface area contributed by atoms with E-state index in [-0.39, 0.29) is 11.7 Å². The zero-order valence-electron chi connectivity index (χ0n) is 10.7. The van der Waals surface area contributed by atoms with E-state index in [0.29, 0.717) is 6.42 Å². The minimum absolute atomic E-state index is 0.120. The van der Waals surface area contributed by atoms with Crippen molar-refractivity contribution in [3.63, 3.8) is 0 Å². The number of rotatable bonds is 5. The Morgan fingerprint density at radius 2 is 1.88 bits per heavy atom. The average molecular weight is 245 g/mol. The fourth-order valence-corrected chi connectivity index (χ4v) is 3.75. The zero-order valence-corrected chi connectivity index (χ0v) is 11.7. The Morgan fingerprint density at radius 1 is 1.29 bits per heavy atom. The predicted octanol–water partition coefficient (Wildman–Crippen LogP) is 3.74. The molecule has 1 rings (SSSR count). The number of carbonyl (C=O) groups excluding carboxylic acids is 1. The highest BCUT2D eigenvalue weighted by Crippen LogP contribution is 2.23. The van der Waals surface area contributed by atoms with E-state index in [2.05, 4.69) is 25.7 Å². The van der Waals surface area contributed by atoms with Gasteiger partial charge in [-0.25, -0.2) is 0 Å². The molecule has 0 aromatic heterocycles. The minimum Gasteiger partial charge on any atom is -0.294 e. The Bertz CT molecular complexity index is 414. The molecule has 3 heteroatoms. The van der Waals surface area contributed by atoms with Crippen molar-refractivity contribution in [3.8, 4) is 6.07 Å². The van der Waals surface area contributed by atoms with E-state index >= 15 is 0 Å². The number of nitrogens with zero attached hydrogens (tertiary/aromatic N) is 1. The van der Waals surface area contributed by atoms with E-state index in [0.717, 1.165) is 11.6 Å². The first-order valence-electron chi connectivity index (χ1n) is 5.90. The highest BCUT2D eigenvalue weighted by atomic mass is 28.3. The molecule has 2 nitrogen and oxygen atoms in total. The average Bonchev–Trinajstić information content (AvgIpc) is 2.27. The maximum atomic E-state index is 12.3. The summed E-state index contributed by atoms with van der Waals surface area (Å²) in [6, 6.07) is 12.3. The Balaban J connectivity index is 2.85. The van der Waals surface area contributed by atoms with Crippen molar-refractivity contribution in [3.05, 3.63) is 35.9 Å². The molecule has 90 valence electrons. The van der Waals surface area contributed by atoms with Crippen LogP contribution in [0, 0.1) is 17.2 Å². The number of ketones is 1. The van der Waals surface area contributed by atoms with Crippen molar-refractivity contribution in [2.24, 2.45) is 5.92 Å². The van der Waals surface area contributed by atoms with Gasteiger partial charge in [0.15, 0.2) is 5.78 Å². The lowest BCUT2D eigenvalue weighted by atomic mass is 9.97. The third kappa shape index (κ3) is 4.54. The van der Waals surface area contributed by atoms with Crippen LogP contribution in [-0.2, 0) is 0 Å². The van der Waals surface area contributed by atoms with Gasteiger partial charge in [-0.15, -0.1) is 0 Å². The number of nitriles is 1. The summed E-state index contributed by atoms with van der Waals surface area (Å²) >= 11 is 0. The third-order valence-corrected chi connectivity index (χ3v) is 4.34. The van der Waals surface area contributed by atoms with E-state index in [4.69, 9.17) is 5.26 Å². The van der Waals surface area contributed by atoms with E-state index < -0.39 is 8.07 Å². The van der Waals surface area contributed by atoms with Gasteiger partial charge in [-0.1, -0.05) is 50.0 Å². The topological polar surface area (TPSA) is 40.9 Å². The van der Waals surface area contributed by atoms with Crippen molar-refractivity contribution < 1.29 is 4.79 Å². The van der Waals surface area contributed by atoms with Crippen LogP contribution in [0.25, 0.3) is 0 Å².